The summed E-state index contributed by atoms with van der Waals surface area (Å²) in [4.78, 5) is 27.6. The van der Waals surface area contributed by atoms with Gasteiger partial charge in [-0.1, -0.05) is 18.2 Å². The first-order chi connectivity index (χ1) is 10.9. The van der Waals surface area contributed by atoms with E-state index in [0.717, 1.165) is 23.6 Å². The zero-order valence-electron chi connectivity index (χ0n) is 14.6. The molecule has 0 aromatic heterocycles. The Labute approximate surface area is 138 Å². The topological polar surface area (TPSA) is 53.9 Å². The third-order valence-electron chi connectivity index (χ3n) is 4.24. The summed E-state index contributed by atoms with van der Waals surface area (Å²) in [5.41, 5.74) is 2.25. The summed E-state index contributed by atoms with van der Waals surface area (Å²) in [5, 5.41) is 2.89. The summed E-state index contributed by atoms with van der Waals surface area (Å²) in [6.45, 7) is 9.41. The van der Waals surface area contributed by atoms with Gasteiger partial charge in [-0.2, -0.15) is 0 Å². The number of hydrogen-bond acceptors (Lipinski definition) is 2. The number of nitrogens with zero attached hydrogens (tertiary/aromatic N) is 1. The lowest BCUT2D eigenvalue weighted by Crippen LogP contribution is -3.14. The van der Waals surface area contributed by atoms with Gasteiger partial charge < -0.3 is 15.1 Å². The Kier molecular flexibility index (Phi) is 5.77. The number of quaternary nitrogens is 1. The Hall–Kier alpha value is -1.88. The molecule has 0 fully saturated rings. The molecule has 0 aliphatic carbocycles. The minimum Gasteiger partial charge on any atom is -0.349 e. The molecule has 1 aliphatic heterocycles. The van der Waals surface area contributed by atoms with E-state index in [4.69, 9.17) is 0 Å². The maximum atomic E-state index is 12.8. The Morgan fingerprint density at radius 2 is 2.00 bits per heavy atom. The van der Waals surface area contributed by atoms with Gasteiger partial charge in [-0.25, -0.2) is 0 Å². The highest BCUT2D eigenvalue weighted by Gasteiger charge is 2.32. The van der Waals surface area contributed by atoms with Crippen LogP contribution in [-0.4, -0.2) is 43.5 Å². The average Bonchev–Trinajstić information content (AvgIpc) is 2.81. The first-order valence-corrected chi connectivity index (χ1v) is 8.45. The molecule has 2 atom stereocenters. The van der Waals surface area contributed by atoms with E-state index in [1.54, 1.807) is 0 Å². The van der Waals surface area contributed by atoms with Gasteiger partial charge in [-0.15, -0.1) is 0 Å². The molecule has 5 heteroatoms. The molecule has 1 aliphatic rings. The zero-order chi connectivity index (χ0) is 17.0. The molecular weight excluding hydrogens is 290 g/mol. The van der Waals surface area contributed by atoms with Crippen LogP contribution in [0.1, 0.15) is 33.3 Å². The molecule has 0 saturated carbocycles. The largest absolute Gasteiger partial charge is 0.349 e. The van der Waals surface area contributed by atoms with Crippen LogP contribution in [0.25, 0.3) is 0 Å². The molecule has 1 heterocycles. The van der Waals surface area contributed by atoms with Crippen molar-refractivity contribution in [3.05, 3.63) is 29.8 Å². The van der Waals surface area contributed by atoms with Crippen LogP contribution in [-0.2, 0) is 16.0 Å². The number of amides is 2. The molecule has 2 rings (SSSR count). The van der Waals surface area contributed by atoms with Crippen LogP contribution in [0.3, 0.4) is 0 Å². The monoisotopic (exact) mass is 318 g/mol. The van der Waals surface area contributed by atoms with Crippen molar-refractivity contribution in [2.45, 2.75) is 46.2 Å². The van der Waals surface area contributed by atoms with Crippen LogP contribution in [0.5, 0.6) is 0 Å². The number of carbonyl (C=O) groups excluding carboxylic acids is 2. The summed E-state index contributed by atoms with van der Waals surface area (Å²) >= 11 is 0. The van der Waals surface area contributed by atoms with Gasteiger partial charge in [0.25, 0.3) is 11.8 Å². The Morgan fingerprint density at radius 3 is 2.65 bits per heavy atom. The number of nitrogens with one attached hydrogen (secondary N) is 2. The number of hydrogen-bond donors (Lipinski definition) is 2. The van der Waals surface area contributed by atoms with Crippen molar-refractivity contribution in [2.75, 3.05) is 24.5 Å². The van der Waals surface area contributed by atoms with Gasteiger partial charge in [0, 0.05) is 17.8 Å². The lowest BCUT2D eigenvalue weighted by molar-refractivity contribution is -0.881. The van der Waals surface area contributed by atoms with Crippen molar-refractivity contribution in [3.8, 4) is 0 Å². The lowest BCUT2D eigenvalue weighted by atomic mass is 10.1. The molecule has 0 bridgehead atoms. The van der Waals surface area contributed by atoms with Crippen LogP contribution < -0.4 is 15.1 Å². The second-order valence-electron chi connectivity index (χ2n) is 6.62. The molecular formula is C18H28N3O2+. The lowest BCUT2D eigenvalue weighted by Gasteiger charge is -2.25. The number of benzene rings is 1. The minimum atomic E-state index is -0.000444. The first-order valence-electron chi connectivity index (χ1n) is 8.45. The standard InChI is InChI=1S/C18H27N3O2/c1-5-20(11-17(22)19-13(2)3)12-18(23)21-14(4)10-15-8-6-7-9-16(15)21/h6-9,13-14H,5,10-12H2,1-4H3,(H,19,22)/p+1/t14-/m0/s1. The summed E-state index contributed by atoms with van der Waals surface area (Å²) in [5.74, 6) is 0.0937. The Bertz CT molecular complexity index is 571. The van der Waals surface area contributed by atoms with E-state index in [1.807, 2.05) is 43.9 Å². The number of likely N-dealkylation sites (N-methyl/N-ethyl adjacent to an activating group) is 1. The Balaban J connectivity index is 2.01. The van der Waals surface area contributed by atoms with E-state index in [2.05, 4.69) is 18.3 Å². The predicted octanol–water partition coefficient (Wildman–Crippen LogP) is 0.394. The van der Waals surface area contributed by atoms with Crippen LogP contribution in [0.4, 0.5) is 5.69 Å². The quantitative estimate of drug-likeness (QED) is 0.797. The van der Waals surface area contributed by atoms with Crippen molar-refractivity contribution >= 4 is 17.5 Å². The first kappa shape index (κ1) is 17.5. The summed E-state index contributed by atoms with van der Waals surface area (Å²) in [7, 11) is 0. The van der Waals surface area contributed by atoms with Gasteiger partial charge in [0.05, 0.1) is 6.54 Å². The molecule has 2 N–H and O–H groups in total. The van der Waals surface area contributed by atoms with E-state index in [1.165, 1.54) is 5.56 Å². The molecule has 2 amide bonds. The van der Waals surface area contributed by atoms with Crippen molar-refractivity contribution in [1.29, 1.82) is 0 Å². The van der Waals surface area contributed by atoms with Gasteiger partial charge in [0.15, 0.2) is 13.1 Å². The smallest absolute Gasteiger partial charge is 0.282 e. The van der Waals surface area contributed by atoms with Crippen LogP contribution in [0.2, 0.25) is 0 Å². The van der Waals surface area contributed by atoms with E-state index < -0.39 is 0 Å². The predicted molar refractivity (Wildman–Crippen MR) is 91.6 cm³/mol. The number of carbonyl (C=O) groups is 2. The van der Waals surface area contributed by atoms with Gasteiger partial charge in [-0.05, 0) is 45.7 Å². The highest BCUT2D eigenvalue weighted by atomic mass is 16.2. The van der Waals surface area contributed by atoms with Gasteiger partial charge in [0.2, 0.25) is 0 Å². The summed E-state index contributed by atoms with van der Waals surface area (Å²) in [6, 6.07) is 8.38. The SMILES string of the molecule is CC[NH+](CC(=O)NC(C)C)CC(=O)N1c2ccccc2C[C@@H]1C. The number of rotatable bonds is 6. The molecule has 1 aromatic rings. The molecule has 0 radical (unpaired) electrons. The maximum absolute atomic E-state index is 12.8. The fourth-order valence-corrected chi connectivity index (χ4v) is 3.16. The molecule has 126 valence electrons. The second-order valence-corrected chi connectivity index (χ2v) is 6.62. The fourth-order valence-electron chi connectivity index (χ4n) is 3.16. The molecule has 5 nitrogen and oxygen atoms in total. The summed E-state index contributed by atoms with van der Waals surface area (Å²) in [6.07, 6.45) is 0.900. The molecule has 23 heavy (non-hydrogen) atoms. The fraction of sp³-hybridized carbons (Fsp3) is 0.556. The van der Waals surface area contributed by atoms with Crippen molar-refractivity contribution in [1.82, 2.24) is 5.32 Å². The van der Waals surface area contributed by atoms with Crippen LogP contribution in [0, 0.1) is 0 Å². The average molecular weight is 318 g/mol. The number of fused-ring (bicyclic) bond motifs is 1. The Morgan fingerprint density at radius 1 is 1.30 bits per heavy atom. The van der Waals surface area contributed by atoms with Crippen LogP contribution >= 0.6 is 0 Å². The van der Waals surface area contributed by atoms with Gasteiger partial charge in [0.1, 0.15) is 0 Å². The summed E-state index contributed by atoms with van der Waals surface area (Å²) < 4.78 is 0. The maximum Gasteiger partial charge on any atom is 0.282 e. The molecule has 0 saturated heterocycles. The molecule has 0 spiro atoms. The van der Waals surface area contributed by atoms with E-state index >= 15 is 0 Å². The third-order valence-corrected chi connectivity index (χ3v) is 4.24. The van der Waals surface area contributed by atoms with Gasteiger partial charge >= 0.3 is 0 Å². The molecule has 1 aromatic carbocycles. The van der Waals surface area contributed by atoms with E-state index in [-0.39, 0.29) is 23.9 Å². The third kappa shape index (κ3) is 4.32. The van der Waals surface area contributed by atoms with E-state index in [9.17, 15) is 9.59 Å². The van der Waals surface area contributed by atoms with Gasteiger partial charge in [-0.3, -0.25) is 9.59 Å². The zero-order valence-corrected chi connectivity index (χ0v) is 14.6. The highest BCUT2D eigenvalue weighted by molar-refractivity contribution is 5.96. The second kappa shape index (κ2) is 7.59. The minimum absolute atomic E-state index is 0.000444. The number of para-hydroxylation sites is 1. The molecule has 1 unspecified atom stereocenters. The normalized spacial score (nSPS) is 18.0. The van der Waals surface area contributed by atoms with Crippen molar-refractivity contribution < 1.29 is 14.5 Å². The highest BCUT2D eigenvalue weighted by Crippen LogP contribution is 2.31. The van der Waals surface area contributed by atoms with Crippen molar-refractivity contribution in [3.63, 3.8) is 0 Å². The van der Waals surface area contributed by atoms with E-state index in [0.29, 0.717) is 13.1 Å². The van der Waals surface area contributed by atoms with Crippen molar-refractivity contribution in [2.24, 2.45) is 0 Å². The van der Waals surface area contributed by atoms with Crippen LogP contribution in [0.15, 0.2) is 24.3 Å². The number of anilines is 1.